The second-order valence-corrected chi connectivity index (χ2v) is 8.79. The van der Waals surface area contributed by atoms with Crippen LogP contribution in [0.4, 0.5) is 10.6 Å². The number of nitrogens with two attached hydrogens (primary N) is 1. The molecule has 3 N–H and O–H groups in total. The van der Waals surface area contributed by atoms with Gasteiger partial charge in [-0.25, -0.2) is 9.78 Å². The van der Waals surface area contributed by atoms with E-state index >= 15 is 0 Å². The van der Waals surface area contributed by atoms with Gasteiger partial charge >= 0.3 is 13.2 Å². The minimum absolute atomic E-state index is 0.135. The summed E-state index contributed by atoms with van der Waals surface area (Å²) < 4.78 is 17.6. The third-order valence-corrected chi connectivity index (χ3v) is 5.67. The highest BCUT2D eigenvalue weighted by Gasteiger charge is 2.52. The molecule has 1 aromatic heterocycles. The molecule has 1 fully saturated rings. The van der Waals surface area contributed by atoms with Gasteiger partial charge in [0, 0.05) is 18.3 Å². The van der Waals surface area contributed by atoms with Gasteiger partial charge in [-0.2, -0.15) is 0 Å². The normalized spacial score (nSPS) is 17.5. The standard InChI is InChI=1S/C22H27BClN3O4/c1-21(2)22(3,4)31-23(30-21)17(10-16-11-18(24)13-26-19(16)25)12-27-20(28)29-14-15-8-6-5-7-9-15/h5-11,13H,12,14H2,1-4H3,(H2,25,26)(H,27,28). The number of aromatic nitrogens is 1. The van der Waals surface area contributed by atoms with Crippen molar-refractivity contribution in [3.8, 4) is 0 Å². The summed E-state index contributed by atoms with van der Waals surface area (Å²) in [6, 6.07) is 11.2. The number of halogens is 1. The Kier molecular flexibility index (Phi) is 6.94. The van der Waals surface area contributed by atoms with Gasteiger partial charge in [-0.15, -0.1) is 0 Å². The lowest BCUT2D eigenvalue weighted by molar-refractivity contribution is 0.00578. The predicted octanol–water partition coefficient (Wildman–Crippen LogP) is 4.26. The molecule has 1 aromatic carbocycles. The molecule has 2 heterocycles. The monoisotopic (exact) mass is 443 g/mol. The second-order valence-electron chi connectivity index (χ2n) is 8.35. The molecule has 0 saturated carbocycles. The maximum absolute atomic E-state index is 12.3. The number of nitrogens with one attached hydrogen (secondary N) is 1. The van der Waals surface area contributed by atoms with Crippen LogP contribution in [0.3, 0.4) is 0 Å². The Hall–Kier alpha value is -2.55. The van der Waals surface area contributed by atoms with Crippen molar-refractivity contribution in [3.63, 3.8) is 0 Å². The molecule has 2 aromatic rings. The number of ether oxygens (including phenoxy) is 1. The molecular formula is C22H27BClN3O4. The third-order valence-electron chi connectivity index (χ3n) is 5.46. The highest BCUT2D eigenvalue weighted by atomic mass is 35.5. The van der Waals surface area contributed by atoms with E-state index in [4.69, 9.17) is 31.4 Å². The summed E-state index contributed by atoms with van der Waals surface area (Å²) >= 11 is 6.08. The number of pyridine rings is 1. The van der Waals surface area contributed by atoms with Crippen LogP contribution < -0.4 is 11.1 Å². The van der Waals surface area contributed by atoms with Gasteiger partial charge in [-0.3, -0.25) is 0 Å². The highest BCUT2D eigenvalue weighted by molar-refractivity contribution is 6.56. The minimum Gasteiger partial charge on any atom is -0.445 e. The van der Waals surface area contributed by atoms with Crippen LogP contribution in [-0.2, 0) is 20.7 Å². The Morgan fingerprint density at radius 1 is 1.23 bits per heavy atom. The highest BCUT2D eigenvalue weighted by Crippen LogP contribution is 2.39. The summed E-state index contributed by atoms with van der Waals surface area (Å²) in [4.78, 5) is 16.3. The first-order chi connectivity index (χ1) is 14.6. The van der Waals surface area contributed by atoms with E-state index in [2.05, 4.69) is 10.3 Å². The first-order valence-corrected chi connectivity index (χ1v) is 10.4. The molecule has 0 atom stereocenters. The molecule has 0 radical (unpaired) electrons. The number of hydrogen-bond donors (Lipinski definition) is 2. The fourth-order valence-corrected chi connectivity index (χ4v) is 3.09. The van der Waals surface area contributed by atoms with Crippen molar-refractivity contribution in [1.82, 2.24) is 10.3 Å². The van der Waals surface area contributed by atoms with Gasteiger partial charge in [0.1, 0.15) is 12.4 Å². The van der Waals surface area contributed by atoms with E-state index in [0.717, 1.165) is 5.56 Å². The molecule has 1 saturated heterocycles. The van der Waals surface area contributed by atoms with E-state index in [1.54, 1.807) is 12.1 Å². The summed E-state index contributed by atoms with van der Waals surface area (Å²) in [5.74, 6) is 0.310. The molecule has 9 heteroatoms. The average Bonchev–Trinajstić information content (AvgIpc) is 2.94. The van der Waals surface area contributed by atoms with Crippen LogP contribution in [0.1, 0.15) is 38.8 Å². The number of anilines is 1. The van der Waals surface area contributed by atoms with Gasteiger partial charge in [0.2, 0.25) is 0 Å². The number of nitrogens with zero attached hydrogens (tertiary/aromatic N) is 1. The first kappa shape index (κ1) is 23.1. The number of carbonyl (C=O) groups is 1. The molecule has 164 valence electrons. The number of benzene rings is 1. The van der Waals surface area contributed by atoms with Gasteiger partial charge in [0.05, 0.1) is 16.2 Å². The van der Waals surface area contributed by atoms with Crippen molar-refractivity contribution < 1.29 is 18.8 Å². The van der Waals surface area contributed by atoms with Gasteiger partial charge in [0.25, 0.3) is 0 Å². The third kappa shape index (κ3) is 5.78. The Morgan fingerprint density at radius 2 is 1.87 bits per heavy atom. The molecule has 3 rings (SSSR count). The largest absolute Gasteiger partial charge is 0.492 e. The number of amides is 1. The SMILES string of the molecule is CC1(C)OB(C(=Cc2cc(Cl)cnc2N)CNC(=O)OCc2ccccc2)OC1(C)C. The molecule has 0 aliphatic carbocycles. The number of carbonyl (C=O) groups excluding carboxylic acids is 1. The zero-order valence-corrected chi connectivity index (χ0v) is 18.9. The van der Waals surface area contributed by atoms with Crippen LogP contribution in [0.5, 0.6) is 0 Å². The lowest BCUT2D eigenvalue weighted by atomic mass is 9.77. The number of hydrogen-bond acceptors (Lipinski definition) is 6. The van der Waals surface area contributed by atoms with Crippen molar-refractivity contribution in [2.75, 3.05) is 12.3 Å². The summed E-state index contributed by atoms with van der Waals surface area (Å²) in [7, 11) is -0.683. The molecule has 0 unspecified atom stereocenters. The fraction of sp³-hybridized carbons (Fsp3) is 0.364. The smallest absolute Gasteiger partial charge is 0.445 e. The summed E-state index contributed by atoms with van der Waals surface area (Å²) in [5, 5.41) is 3.20. The van der Waals surface area contributed by atoms with E-state index in [1.165, 1.54) is 6.20 Å². The number of rotatable bonds is 6. The fourth-order valence-electron chi connectivity index (χ4n) is 2.93. The van der Waals surface area contributed by atoms with Crippen molar-refractivity contribution in [1.29, 1.82) is 0 Å². The Balaban J connectivity index is 1.75. The van der Waals surface area contributed by atoms with Crippen molar-refractivity contribution >= 4 is 36.7 Å². The summed E-state index contributed by atoms with van der Waals surface area (Å²) in [6.07, 6.45) is 2.69. The van der Waals surface area contributed by atoms with E-state index in [0.29, 0.717) is 21.9 Å². The molecule has 1 aliphatic rings. The van der Waals surface area contributed by atoms with Crippen LogP contribution in [0, 0.1) is 0 Å². The molecule has 7 nitrogen and oxygen atoms in total. The lowest BCUT2D eigenvalue weighted by Crippen LogP contribution is -2.41. The zero-order chi connectivity index (χ0) is 22.6. The van der Waals surface area contributed by atoms with E-state index in [-0.39, 0.29) is 13.2 Å². The molecule has 31 heavy (non-hydrogen) atoms. The van der Waals surface area contributed by atoms with Crippen LogP contribution in [0.2, 0.25) is 5.02 Å². The molecule has 0 bridgehead atoms. The number of nitrogen functional groups attached to an aromatic ring is 1. The van der Waals surface area contributed by atoms with Crippen molar-refractivity contribution in [2.45, 2.75) is 45.5 Å². The molecule has 1 aliphatic heterocycles. The van der Waals surface area contributed by atoms with E-state index in [1.807, 2.05) is 58.0 Å². The Morgan fingerprint density at radius 3 is 2.52 bits per heavy atom. The summed E-state index contributed by atoms with van der Waals surface area (Å²) in [6.45, 7) is 8.15. The van der Waals surface area contributed by atoms with Crippen LogP contribution >= 0.6 is 11.6 Å². The minimum atomic E-state index is -0.683. The lowest BCUT2D eigenvalue weighted by Gasteiger charge is -2.32. The van der Waals surface area contributed by atoms with E-state index in [9.17, 15) is 4.79 Å². The molecular weight excluding hydrogens is 417 g/mol. The quantitative estimate of drug-likeness (QED) is 0.648. The Bertz CT molecular complexity index is 950. The van der Waals surface area contributed by atoms with Gasteiger partial charge in [-0.05, 0) is 44.8 Å². The van der Waals surface area contributed by atoms with Gasteiger partial charge in [-0.1, -0.05) is 48.0 Å². The molecule has 0 spiro atoms. The predicted molar refractivity (Wildman–Crippen MR) is 122 cm³/mol. The van der Waals surface area contributed by atoms with Crippen LogP contribution in [-0.4, -0.2) is 35.9 Å². The average molecular weight is 444 g/mol. The number of alkyl carbamates (subject to hydrolysis) is 1. The topological polar surface area (TPSA) is 95.7 Å². The maximum atomic E-state index is 12.3. The van der Waals surface area contributed by atoms with E-state index < -0.39 is 24.4 Å². The Labute approximate surface area is 188 Å². The van der Waals surface area contributed by atoms with Gasteiger partial charge in [0.15, 0.2) is 0 Å². The van der Waals surface area contributed by atoms with Gasteiger partial charge < -0.3 is 25.1 Å². The zero-order valence-electron chi connectivity index (χ0n) is 18.1. The van der Waals surface area contributed by atoms with Crippen molar-refractivity contribution in [2.24, 2.45) is 0 Å². The summed E-state index contributed by atoms with van der Waals surface area (Å²) in [5.41, 5.74) is 7.09. The van der Waals surface area contributed by atoms with Crippen molar-refractivity contribution in [3.05, 3.63) is 64.2 Å². The maximum Gasteiger partial charge on any atom is 0.492 e. The first-order valence-electron chi connectivity index (χ1n) is 9.99. The van der Waals surface area contributed by atoms with Crippen LogP contribution in [0.15, 0.2) is 48.1 Å². The molecule has 1 amide bonds. The van der Waals surface area contributed by atoms with Crippen LogP contribution in [0.25, 0.3) is 6.08 Å². The second kappa shape index (κ2) is 9.30.